The van der Waals surface area contributed by atoms with Gasteiger partial charge >= 0.3 is 0 Å². The molecule has 0 aromatic carbocycles. The van der Waals surface area contributed by atoms with E-state index in [2.05, 4.69) is 34.9 Å². The lowest BCUT2D eigenvalue weighted by atomic mass is 10.3. The summed E-state index contributed by atoms with van der Waals surface area (Å²) in [5, 5.41) is 0. The van der Waals surface area contributed by atoms with Gasteiger partial charge in [0, 0.05) is 19.0 Å². The molecule has 0 aliphatic rings. The van der Waals surface area contributed by atoms with Crippen LogP contribution in [-0.4, -0.2) is 29.0 Å². The molecule has 3 rings (SSSR count). The molecule has 0 aliphatic heterocycles. The van der Waals surface area contributed by atoms with Crippen molar-refractivity contribution in [3.63, 3.8) is 0 Å². The maximum Gasteiger partial charge on any atom is 0.180 e. The van der Waals surface area contributed by atoms with E-state index >= 15 is 0 Å². The van der Waals surface area contributed by atoms with Gasteiger partial charge in [-0.15, -0.1) is 11.3 Å². The van der Waals surface area contributed by atoms with Gasteiger partial charge in [0.1, 0.15) is 5.82 Å². The van der Waals surface area contributed by atoms with Gasteiger partial charge in [-0.1, -0.05) is 0 Å². The third-order valence-corrected chi connectivity index (χ3v) is 4.35. The van der Waals surface area contributed by atoms with Crippen LogP contribution in [0.5, 0.6) is 0 Å². The molecule has 0 amide bonds. The van der Waals surface area contributed by atoms with Crippen molar-refractivity contribution in [1.82, 2.24) is 15.0 Å². The predicted octanol–water partition coefficient (Wildman–Crippen LogP) is 3.37. The molecule has 98 valence electrons. The molecule has 0 fully saturated rings. The molecule has 5 heteroatoms. The van der Waals surface area contributed by atoms with E-state index in [1.54, 1.807) is 11.3 Å². The normalized spacial score (nSPS) is 11.2. The number of hydrogen-bond donors (Lipinski definition) is 1. The number of rotatable bonds is 2. The molecule has 3 heterocycles. The van der Waals surface area contributed by atoms with Gasteiger partial charge in [-0.25, -0.2) is 9.97 Å². The fraction of sp³-hybridized carbons (Fsp3) is 0.286. The van der Waals surface area contributed by atoms with Gasteiger partial charge in [0.05, 0.1) is 10.4 Å². The van der Waals surface area contributed by atoms with Gasteiger partial charge in [0.25, 0.3) is 0 Å². The van der Waals surface area contributed by atoms with Crippen LogP contribution < -0.4 is 4.90 Å². The molecule has 0 bridgehead atoms. The molecular weight excluding hydrogens is 256 g/mol. The molecule has 0 radical (unpaired) electrons. The van der Waals surface area contributed by atoms with Crippen LogP contribution >= 0.6 is 11.3 Å². The summed E-state index contributed by atoms with van der Waals surface area (Å²) in [6, 6.07) is 6.20. The number of fused-ring (bicyclic) bond motifs is 1. The van der Waals surface area contributed by atoms with Crippen molar-refractivity contribution in [2.75, 3.05) is 19.0 Å². The lowest BCUT2D eigenvalue weighted by Gasteiger charge is -2.09. The summed E-state index contributed by atoms with van der Waals surface area (Å²) in [5.41, 5.74) is 3.05. The van der Waals surface area contributed by atoms with Crippen LogP contribution in [0.1, 0.15) is 10.4 Å². The predicted molar refractivity (Wildman–Crippen MR) is 81.0 cm³/mol. The summed E-state index contributed by atoms with van der Waals surface area (Å²) in [4.78, 5) is 16.9. The standard InChI is InChI=1S/C14H16N4S/c1-8-7-11(19-9(8)2)14-15-10-5-6-12(18(3)4)16-13(10)17-14/h5-7H,1-4H3,(H,15,16,17). The van der Waals surface area contributed by atoms with Crippen LogP contribution in [0.4, 0.5) is 5.82 Å². The minimum absolute atomic E-state index is 0.768. The molecule has 0 unspecified atom stereocenters. The molecule has 0 saturated heterocycles. The summed E-state index contributed by atoms with van der Waals surface area (Å²) < 4.78 is 0. The highest BCUT2D eigenvalue weighted by atomic mass is 32.1. The number of nitrogens with one attached hydrogen (secondary N) is 1. The van der Waals surface area contributed by atoms with E-state index in [1.807, 2.05) is 31.1 Å². The largest absolute Gasteiger partial charge is 0.363 e. The Kier molecular flexibility index (Phi) is 2.78. The molecule has 3 aromatic rings. The van der Waals surface area contributed by atoms with E-state index in [1.165, 1.54) is 15.3 Å². The van der Waals surface area contributed by atoms with Crippen molar-refractivity contribution < 1.29 is 0 Å². The highest BCUT2D eigenvalue weighted by Gasteiger charge is 2.10. The van der Waals surface area contributed by atoms with Crippen molar-refractivity contribution >= 4 is 28.3 Å². The molecule has 1 N–H and O–H groups in total. The molecule has 4 nitrogen and oxygen atoms in total. The monoisotopic (exact) mass is 272 g/mol. The van der Waals surface area contributed by atoms with Crippen molar-refractivity contribution in [2.24, 2.45) is 0 Å². The molecule has 19 heavy (non-hydrogen) atoms. The quantitative estimate of drug-likeness (QED) is 0.778. The minimum atomic E-state index is 0.768. The zero-order valence-corrected chi connectivity index (χ0v) is 12.3. The van der Waals surface area contributed by atoms with Crippen LogP contribution in [0.2, 0.25) is 0 Å². The number of pyridine rings is 1. The van der Waals surface area contributed by atoms with Gasteiger partial charge in [-0.05, 0) is 37.6 Å². The fourth-order valence-corrected chi connectivity index (χ4v) is 2.92. The number of aromatic nitrogens is 3. The molecule has 0 aliphatic carbocycles. The minimum Gasteiger partial charge on any atom is -0.363 e. The van der Waals surface area contributed by atoms with Crippen LogP contribution in [-0.2, 0) is 0 Å². The number of H-pyrrole nitrogens is 1. The Hall–Kier alpha value is -1.88. The number of imidazole rings is 1. The first-order chi connectivity index (χ1) is 9.04. The van der Waals surface area contributed by atoms with Crippen LogP contribution in [0, 0.1) is 13.8 Å². The second kappa shape index (κ2) is 4.35. The van der Waals surface area contributed by atoms with E-state index in [0.717, 1.165) is 22.8 Å². The van der Waals surface area contributed by atoms with E-state index in [0.29, 0.717) is 0 Å². The van der Waals surface area contributed by atoms with E-state index < -0.39 is 0 Å². The van der Waals surface area contributed by atoms with E-state index in [-0.39, 0.29) is 0 Å². The number of anilines is 1. The summed E-state index contributed by atoms with van der Waals surface area (Å²) >= 11 is 1.76. The first kappa shape index (κ1) is 12.2. The highest BCUT2D eigenvalue weighted by molar-refractivity contribution is 7.15. The fourth-order valence-electron chi connectivity index (χ4n) is 1.94. The van der Waals surface area contributed by atoms with Crippen molar-refractivity contribution in [3.8, 4) is 10.7 Å². The van der Waals surface area contributed by atoms with Crippen molar-refractivity contribution in [3.05, 3.63) is 28.6 Å². The van der Waals surface area contributed by atoms with Gasteiger partial charge in [0.15, 0.2) is 11.5 Å². The Morgan fingerprint density at radius 1 is 1.16 bits per heavy atom. The molecule has 3 aromatic heterocycles. The van der Waals surface area contributed by atoms with E-state index in [4.69, 9.17) is 0 Å². The number of aromatic amines is 1. The first-order valence-corrected chi connectivity index (χ1v) is 6.98. The van der Waals surface area contributed by atoms with Crippen LogP contribution in [0.3, 0.4) is 0 Å². The van der Waals surface area contributed by atoms with Crippen LogP contribution in [0.25, 0.3) is 21.9 Å². The third kappa shape index (κ3) is 2.10. The summed E-state index contributed by atoms with van der Waals surface area (Å²) in [7, 11) is 3.96. The van der Waals surface area contributed by atoms with Crippen molar-refractivity contribution in [1.29, 1.82) is 0 Å². The smallest absolute Gasteiger partial charge is 0.180 e. The molecule has 0 atom stereocenters. The van der Waals surface area contributed by atoms with E-state index in [9.17, 15) is 0 Å². The lowest BCUT2D eigenvalue weighted by Crippen LogP contribution is -2.10. The number of aryl methyl sites for hydroxylation is 2. The highest BCUT2D eigenvalue weighted by Crippen LogP contribution is 2.30. The first-order valence-electron chi connectivity index (χ1n) is 6.16. The Morgan fingerprint density at radius 2 is 1.95 bits per heavy atom. The molecular formula is C14H16N4S. The second-order valence-electron chi connectivity index (χ2n) is 4.87. The lowest BCUT2D eigenvalue weighted by molar-refractivity contribution is 1.08. The number of hydrogen-bond acceptors (Lipinski definition) is 4. The Morgan fingerprint density at radius 3 is 2.58 bits per heavy atom. The average molecular weight is 272 g/mol. The Labute approximate surface area is 116 Å². The van der Waals surface area contributed by atoms with Gasteiger partial charge < -0.3 is 9.88 Å². The number of nitrogens with zero attached hydrogens (tertiary/aromatic N) is 3. The second-order valence-corrected chi connectivity index (χ2v) is 6.13. The summed E-state index contributed by atoms with van der Waals surface area (Å²) in [6.45, 7) is 4.26. The SMILES string of the molecule is Cc1cc(-c2nc3nc(N(C)C)ccc3[nH]2)sc1C. The Balaban J connectivity index is 2.11. The number of thiophene rings is 1. The van der Waals surface area contributed by atoms with Gasteiger partial charge in [0.2, 0.25) is 0 Å². The maximum atomic E-state index is 4.60. The Bertz CT molecular complexity index is 720. The maximum absolute atomic E-state index is 4.60. The summed E-state index contributed by atoms with van der Waals surface area (Å²) in [5.74, 6) is 1.82. The topological polar surface area (TPSA) is 44.8 Å². The molecule has 0 spiro atoms. The van der Waals surface area contributed by atoms with Crippen molar-refractivity contribution in [2.45, 2.75) is 13.8 Å². The zero-order chi connectivity index (χ0) is 13.6. The van der Waals surface area contributed by atoms with Gasteiger partial charge in [-0.3, -0.25) is 0 Å². The average Bonchev–Trinajstić information content (AvgIpc) is 2.92. The third-order valence-electron chi connectivity index (χ3n) is 3.19. The zero-order valence-electron chi connectivity index (χ0n) is 11.5. The molecule has 0 saturated carbocycles. The van der Waals surface area contributed by atoms with Gasteiger partial charge in [-0.2, -0.15) is 0 Å². The van der Waals surface area contributed by atoms with Crippen LogP contribution in [0.15, 0.2) is 18.2 Å². The summed E-state index contributed by atoms with van der Waals surface area (Å²) in [6.07, 6.45) is 0.